The van der Waals surface area contributed by atoms with Crippen LogP contribution < -0.4 is 11.1 Å². The number of thioether (sulfide) groups is 1. The molecule has 1 saturated heterocycles. The van der Waals surface area contributed by atoms with Crippen molar-refractivity contribution >= 4 is 69.3 Å². The van der Waals surface area contributed by atoms with E-state index in [4.69, 9.17) is 26.9 Å². The number of ether oxygens (including phenoxy) is 1. The highest BCUT2D eigenvalue weighted by atomic mass is 35.5. The van der Waals surface area contributed by atoms with Gasteiger partial charge in [0.2, 0.25) is 6.61 Å². The highest BCUT2D eigenvalue weighted by molar-refractivity contribution is 8.00. The quantitative estimate of drug-likeness (QED) is 0.203. The van der Waals surface area contributed by atoms with Gasteiger partial charge >= 0.3 is 11.9 Å². The summed E-state index contributed by atoms with van der Waals surface area (Å²) in [5.41, 5.74) is 4.27. The second-order valence-corrected chi connectivity index (χ2v) is 10.5. The number of aromatic nitrogens is 1. The standard InChI is InChI=1S/C18H20ClN5O7S2/c1-18(2,3)31-8(25)6-30-23-10(9-12(19)33-17(20)22-9)13(26)21-11-14(27)24-7(16(28)29)4-5-32-15(11)24/h4,11,15H,5-6H2,1-3H3,(H2,20,22)(H,21,26)(H,28,29)/t11?,15-/m0/s1. The van der Waals surface area contributed by atoms with Gasteiger partial charge in [-0.25, -0.2) is 14.6 Å². The molecule has 1 unspecified atom stereocenters. The molecule has 4 N–H and O–H groups in total. The summed E-state index contributed by atoms with van der Waals surface area (Å²) in [5.74, 6) is -3.05. The van der Waals surface area contributed by atoms with Crippen molar-refractivity contribution in [1.82, 2.24) is 15.2 Å². The third-order valence-electron chi connectivity index (χ3n) is 4.15. The Morgan fingerprint density at radius 1 is 1.42 bits per heavy atom. The molecule has 2 amide bonds. The molecule has 15 heteroatoms. The van der Waals surface area contributed by atoms with E-state index in [-0.39, 0.29) is 20.9 Å². The molecule has 1 fully saturated rings. The third-order valence-corrected chi connectivity index (χ3v) is 6.42. The van der Waals surface area contributed by atoms with Gasteiger partial charge in [0.05, 0.1) is 0 Å². The molecule has 0 bridgehead atoms. The number of carboxylic acid groups (broad SMARTS) is 1. The van der Waals surface area contributed by atoms with Gasteiger partial charge in [0, 0.05) is 5.75 Å². The topological polar surface area (TPSA) is 174 Å². The molecule has 3 heterocycles. The number of carbonyl (C=O) groups is 4. The number of thiazole rings is 1. The minimum Gasteiger partial charge on any atom is -0.477 e. The minimum absolute atomic E-state index is 0.0481. The Labute approximate surface area is 201 Å². The van der Waals surface area contributed by atoms with E-state index >= 15 is 0 Å². The van der Waals surface area contributed by atoms with Crippen LogP contribution in [0, 0.1) is 0 Å². The molecule has 0 aliphatic carbocycles. The number of hydrogen-bond acceptors (Lipinski definition) is 11. The van der Waals surface area contributed by atoms with E-state index in [2.05, 4.69) is 15.5 Å². The number of nitrogen functional groups attached to an aromatic ring is 1. The lowest BCUT2D eigenvalue weighted by molar-refractivity contribution is -0.160. The number of carbonyl (C=O) groups excluding carboxylic acids is 3. The van der Waals surface area contributed by atoms with Gasteiger partial charge in [0.25, 0.3) is 11.8 Å². The van der Waals surface area contributed by atoms with Crippen LogP contribution in [0.1, 0.15) is 26.5 Å². The van der Waals surface area contributed by atoms with Gasteiger partial charge < -0.3 is 25.7 Å². The maximum absolute atomic E-state index is 13.0. The van der Waals surface area contributed by atoms with Gasteiger partial charge in [-0.1, -0.05) is 28.1 Å². The van der Waals surface area contributed by atoms with Crippen LogP contribution in [-0.2, 0) is 28.8 Å². The number of rotatable bonds is 7. The number of carboxylic acids is 1. The lowest BCUT2D eigenvalue weighted by Crippen LogP contribution is -2.70. The Morgan fingerprint density at radius 2 is 2.12 bits per heavy atom. The second kappa shape index (κ2) is 9.57. The van der Waals surface area contributed by atoms with Crippen LogP contribution in [0.2, 0.25) is 4.34 Å². The van der Waals surface area contributed by atoms with Crippen LogP contribution in [0.4, 0.5) is 5.13 Å². The molecule has 0 radical (unpaired) electrons. The first kappa shape index (κ1) is 24.8. The van der Waals surface area contributed by atoms with Gasteiger partial charge in [-0.3, -0.25) is 14.5 Å². The molecule has 2 aliphatic heterocycles. The molecule has 0 aromatic carbocycles. The molecular formula is C18H20ClN5O7S2. The van der Waals surface area contributed by atoms with Crippen LogP contribution in [0.15, 0.2) is 16.9 Å². The Morgan fingerprint density at radius 3 is 2.70 bits per heavy atom. The maximum Gasteiger partial charge on any atom is 0.352 e. The Bertz CT molecular complexity index is 1070. The first-order valence-corrected chi connectivity index (χ1v) is 11.7. The SMILES string of the molecule is CC(C)(C)OC(=O)CON=C(C(=O)NC1C(=O)N2C(C(=O)O)=CCS[C@@H]12)c1nc(N)sc1Cl. The molecule has 3 rings (SSSR count). The van der Waals surface area contributed by atoms with E-state index in [1.807, 2.05) is 0 Å². The molecule has 0 saturated carbocycles. The van der Waals surface area contributed by atoms with Gasteiger partial charge in [-0.2, -0.15) is 0 Å². The number of β-lactam (4-membered cyclic amide) rings is 1. The van der Waals surface area contributed by atoms with Crippen molar-refractivity contribution < 1.29 is 33.9 Å². The van der Waals surface area contributed by atoms with E-state index < -0.39 is 53.1 Å². The van der Waals surface area contributed by atoms with Crippen LogP contribution >= 0.6 is 34.7 Å². The summed E-state index contributed by atoms with van der Waals surface area (Å²) in [6, 6.07) is -1.00. The summed E-state index contributed by atoms with van der Waals surface area (Å²) >= 11 is 8.29. The molecule has 12 nitrogen and oxygen atoms in total. The first-order valence-electron chi connectivity index (χ1n) is 9.42. The summed E-state index contributed by atoms with van der Waals surface area (Å²) in [6.45, 7) is 4.45. The fraction of sp³-hybridized carbons (Fsp3) is 0.444. The predicted molar refractivity (Wildman–Crippen MR) is 121 cm³/mol. The van der Waals surface area contributed by atoms with Crippen LogP contribution in [0.3, 0.4) is 0 Å². The van der Waals surface area contributed by atoms with Crippen molar-refractivity contribution in [2.24, 2.45) is 5.16 Å². The highest BCUT2D eigenvalue weighted by Crippen LogP contribution is 2.37. The van der Waals surface area contributed by atoms with Crippen molar-refractivity contribution in [3.05, 3.63) is 21.8 Å². The Kier molecular flexibility index (Phi) is 7.19. The van der Waals surface area contributed by atoms with Crippen molar-refractivity contribution in [3.8, 4) is 0 Å². The largest absolute Gasteiger partial charge is 0.477 e. The number of halogens is 1. The normalized spacial score (nSPS) is 20.4. The van der Waals surface area contributed by atoms with E-state index in [9.17, 15) is 24.3 Å². The fourth-order valence-corrected chi connectivity index (χ4v) is 5.05. The smallest absolute Gasteiger partial charge is 0.352 e. The summed E-state index contributed by atoms with van der Waals surface area (Å²) in [7, 11) is 0. The molecular weight excluding hydrogens is 498 g/mol. The predicted octanol–water partition coefficient (Wildman–Crippen LogP) is 0.810. The van der Waals surface area contributed by atoms with E-state index in [1.165, 1.54) is 17.8 Å². The molecule has 0 spiro atoms. The molecule has 2 aliphatic rings. The lowest BCUT2D eigenvalue weighted by Gasteiger charge is -2.48. The highest BCUT2D eigenvalue weighted by Gasteiger charge is 2.53. The zero-order valence-corrected chi connectivity index (χ0v) is 20.0. The van der Waals surface area contributed by atoms with Crippen molar-refractivity contribution in [2.75, 3.05) is 18.1 Å². The van der Waals surface area contributed by atoms with E-state index in [0.29, 0.717) is 5.75 Å². The number of oxime groups is 1. The molecule has 33 heavy (non-hydrogen) atoms. The number of nitrogens with one attached hydrogen (secondary N) is 1. The average molecular weight is 518 g/mol. The zero-order valence-electron chi connectivity index (χ0n) is 17.7. The fourth-order valence-electron chi connectivity index (χ4n) is 2.92. The van der Waals surface area contributed by atoms with Gasteiger partial charge in [-0.15, -0.1) is 11.8 Å². The van der Waals surface area contributed by atoms with Crippen LogP contribution in [0.25, 0.3) is 0 Å². The summed E-state index contributed by atoms with van der Waals surface area (Å²) in [4.78, 5) is 58.7. The monoisotopic (exact) mass is 517 g/mol. The maximum atomic E-state index is 13.0. The molecule has 1 aromatic rings. The minimum atomic E-state index is -1.24. The number of nitrogens with two attached hydrogens (primary N) is 1. The van der Waals surface area contributed by atoms with Crippen molar-refractivity contribution in [2.45, 2.75) is 37.8 Å². The number of hydrogen-bond donors (Lipinski definition) is 3. The van der Waals surface area contributed by atoms with Gasteiger partial charge in [0.1, 0.15) is 32.7 Å². The summed E-state index contributed by atoms with van der Waals surface area (Å²) < 4.78 is 5.16. The van der Waals surface area contributed by atoms with Gasteiger partial charge in [-0.05, 0) is 26.8 Å². The first-order chi connectivity index (χ1) is 15.4. The number of fused-ring (bicyclic) bond motifs is 1. The number of amides is 2. The van der Waals surface area contributed by atoms with Crippen LogP contribution in [0.5, 0.6) is 0 Å². The number of aliphatic carboxylic acids is 1. The van der Waals surface area contributed by atoms with Gasteiger partial charge in [0.15, 0.2) is 10.8 Å². The van der Waals surface area contributed by atoms with E-state index in [1.54, 1.807) is 20.8 Å². The Balaban J connectivity index is 1.76. The molecule has 1 aromatic heterocycles. The number of anilines is 1. The molecule has 178 valence electrons. The summed E-state index contributed by atoms with van der Waals surface area (Å²) in [5, 5.41) is 14.9. The van der Waals surface area contributed by atoms with E-state index in [0.717, 1.165) is 16.2 Å². The third kappa shape index (κ3) is 5.57. The summed E-state index contributed by atoms with van der Waals surface area (Å²) in [6.07, 6.45) is 1.43. The zero-order chi connectivity index (χ0) is 24.5. The Hall–Kier alpha value is -2.84. The molecule has 2 atom stereocenters. The lowest BCUT2D eigenvalue weighted by atomic mass is 10.0. The van der Waals surface area contributed by atoms with Crippen molar-refractivity contribution in [3.63, 3.8) is 0 Å². The number of nitrogens with zero attached hydrogens (tertiary/aromatic N) is 3. The number of esters is 1. The second-order valence-electron chi connectivity index (χ2n) is 7.75. The van der Waals surface area contributed by atoms with Crippen LogP contribution in [-0.4, -0.2) is 73.8 Å². The van der Waals surface area contributed by atoms with Crippen molar-refractivity contribution in [1.29, 1.82) is 0 Å². The average Bonchev–Trinajstić information content (AvgIpc) is 3.04.